The number of benzene rings is 1. The van der Waals surface area contributed by atoms with Crippen molar-refractivity contribution in [3.05, 3.63) is 35.4 Å². The van der Waals surface area contributed by atoms with Gasteiger partial charge in [0.1, 0.15) is 0 Å². The van der Waals surface area contributed by atoms with E-state index < -0.39 is 0 Å². The summed E-state index contributed by atoms with van der Waals surface area (Å²) in [6, 6.07) is 7.62. The molecular weight excluding hydrogens is 252 g/mol. The van der Waals surface area contributed by atoms with Gasteiger partial charge in [-0.1, -0.05) is 43.5 Å². The van der Waals surface area contributed by atoms with Gasteiger partial charge in [-0.15, -0.1) is 0 Å². The van der Waals surface area contributed by atoms with Crippen molar-refractivity contribution in [2.75, 3.05) is 6.54 Å². The van der Waals surface area contributed by atoms with Crippen molar-refractivity contribution in [3.8, 4) is 0 Å². The second-order valence-electron chi connectivity index (χ2n) is 5.70. The van der Waals surface area contributed by atoms with Gasteiger partial charge >= 0.3 is 0 Å². The molecule has 2 rings (SSSR count). The molecule has 1 aliphatic carbocycles. The predicted molar refractivity (Wildman–Crippen MR) is 78.8 cm³/mol. The Morgan fingerprint density at radius 2 is 1.75 bits per heavy atom. The van der Waals surface area contributed by atoms with Crippen LogP contribution >= 0.6 is 0 Å². The fraction of sp³-hybridized carbons (Fsp3) is 0.562. The SMILES string of the molecule is NCC1(C(=O)NCc2ccc(CO)cc2)CCCCC1. The maximum absolute atomic E-state index is 12.4. The van der Waals surface area contributed by atoms with Crippen LogP contribution in [0.4, 0.5) is 0 Å². The molecule has 0 spiro atoms. The van der Waals surface area contributed by atoms with Crippen LogP contribution in [0.5, 0.6) is 0 Å². The highest BCUT2D eigenvalue weighted by molar-refractivity contribution is 5.83. The van der Waals surface area contributed by atoms with Crippen LogP contribution in [0.3, 0.4) is 0 Å². The number of aliphatic hydroxyl groups is 1. The van der Waals surface area contributed by atoms with E-state index in [1.165, 1.54) is 6.42 Å². The molecule has 20 heavy (non-hydrogen) atoms. The molecular formula is C16H24N2O2. The molecule has 1 saturated carbocycles. The van der Waals surface area contributed by atoms with Crippen LogP contribution in [0.25, 0.3) is 0 Å². The molecule has 0 atom stereocenters. The van der Waals surface area contributed by atoms with E-state index in [2.05, 4.69) is 5.32 Å². The van der Waals surface area contributed by atoms with E-state index >= 15 is 0 Å². The van der Waals surface area contributed by atoms with Crippen molar-refractivity contribution in [2.45, 2.75) is 45.3 Å². The third kappa shape index (κ3) is 3.38. The highest BCUT2D eigenvalue weighted by Crippen LogP contribution is 2.35. The first kappa shape index (κ1) is 15.0. The molecule has 0 aromatic heterocycles. The normalized spacial score (nSPS) is 17.7. The zero-order valence-corrected chi connectivity index (χ0v) is 11.9. The van der Waals surface area contributed by atoms with Crippen LogP contribution in [0.2, 0.25) is 0 Å². The smallest absolute Gasteiger partial charge is 0.227 e. The lowest BCUT2D eigenvalue weighted by Crippen LogP contribution is -2.46. The summed E-state index contributed by atoms with van der Waals surface area (Å²) in [5.74, 6) is 0.0888. The van der Waals surface area contributed by atoms with E-state index in [4.69, 9.17) is 10.8 Å². The summed E-state index contributed by atoms with van der Waals surface area (Å²) in [6.45, 7) is 0.998. The Kier molecular flexibility index (Phi) is 5.15. The number of nitrogens with one attached hydrogen (secondary N) is 1. The van der Waals surface area contributed by atoms with Crippen molar-refractivity contribution in [3.63, 3.8) is 0 Å². The number of hydrogen-bond donors (Lipinski definition) is 3. The molecule has 1 amide bonds. The van der Waals surface area contributed by atoms with Crippen LogP contribution in [0.15, 0.2) is 24.3 Å². The van der Waals surface area contributed by atoms with Gasteiger partial charge in [-0.3, -0.25) is 4.79 Å². The number of nitrogens with two attached hydrogens (primary N) is 1. The van der Waals surface area contributed by atoms with Crippen LogP contribution in [0.1, 0.15) is 43.2 Å². The lowest BCUT2D eigenvalue weighted by molar-refractivity contribution is -0.132. The van der Waals surface area contributed by atoms with E-state index in [0.29, 0.717) is 13.1 Å². The van der Waals surface area contributed by atoms with Crippen LogP contribution in [-0.2, 0) is 17.9 Å². The number of carbonyl (C=O) groups is 1. The summed E-state index contributed by atoms with van der Waals surface area (Å²) in [4.78, 5) is 12.4. The van der Waals surface area contributed by atoms with Gasteiger partial charge in [-0.25, -0.2) is 0 Å². The maximum Gasteiger partial charge on any atom is 0.227 e. The first-order chi connectivity index (χ1) is 9.70. The molecule has 1 aliphatic rings. The van der Waals surface area contributed by atoms with Gasteiger partial charge in [0.15, 0.2) is 0 Å². The fourth-order valence-electron chi connectivity index (χ4n) is 2.88. The molecule has 0 heterocycles. The molecule has 1 fully saturated rings. The lowest BCUT2D eigenvalue weighted by atomic mass is 9.73. The summed E-state index contributed by atoms with van der Waals surface area (Å²) in [7, 11) is 0. The van der Waals surface area contributed by atoms with E-state index in [0.717, 1.165) is 36.8 Å². The second kappa shape index (κ2) is 6.86. The molecule has 1 aromatic rings. The predicted octanol–water partition coefficient (Wildman–Crippen LogP) is 1.70. The first-order valence-electron chi connectivity index (χ1n) is 7.37. The standard InChI is InChI=1S/C16H24N2O2/c17-12-16(8-2-1-3-9-16)15(20)18-10-13-4-6-14(11-19)7-5-13/h4-7,19H,1-3,8-12,17H2,(H,18,20). The molecule has 0 bridgehead atoms. The van der Waals surface area contributed by atoms with Crippen molar-refractivity contribution in [2.24, 2.45) is 11.1 Å². The minimum Gasteiger partial charge on any atom is -0.392 e. The third-order valence-electron chi connectivity index (χ3n) is 4.34. The Hall–Kier alpha value is -1.39. The fourth-order valence-corrected chi connectivity index (χ4v) is 2.88. The van der Waals surface area contributed by atoms with Gasteiger partial charge in [0.2, 0.25) is 5.91 Å². The number of aliphatic hydroxyl groups excluding tert-OH is 1. The third-order valence-corrected chi connectivity index (χ3v) is 4.34. The highest BCUT2D eigenvalue weighted by atomic mass is 16.3. The van der Waals surface area contributed by atoms with E-state index in [1.807, 2.05) is 24.3 Å². The number of hydrogen-bond acceptors (Lipinski definition) is 3. The van der Waals surface area contributed by atoms with E-state index in [-0.39, 0.29) is 17.9 Å². The Morgan fingerprint density at radius 3 is 2.30 bits per heavy atom. The van der Waals surface area contributed by atoms with E-state index in [9.17, 15) is 4.79 Å². The lowest BCUT2D eigenvalue weighted by Gasteiger charge is -2.34. The van der Waals surface area contributed by atoms with Crippen LogP contribution in [-0.4, -0.2) is 17.6 Å². The average molecular weight is 276 g/mol. The van der Waals surface area contributed by atoms with Gasteiger partial charge in [0.05, 0.1) is 12.0 Å². The monoisotopic (exact) mass is 276 g/mol. The molecule has 0 radical (unpaired) electrons. The Bertz CT molecular complexity index is 436. The second-order valence-corrected chi connectivity index (χ2v) is 5.70. The molecule has 0 saturated heterocycles. The van der Waals surface area contributed by atoms with Crippen LogP contribution < -0.4 is 11.1 Å². The average Bonchev–Trinajstić information content (AvgIpc) is 2.53. The minimum atomic E-state index is -0.358. The van der Waals surface area contributed by atoms with Gasteiger partial charge in [-0.2, -0.15) is 0 Å². The topological polar surface area (TPSA) is 75.4 Å². The van der Waals surface area contributed by atoms with Gasteiger partial charge < -0.3 is 16.2 Å². The minimum absolute atomic E-state index is 0.0446. The maximum atomic E-state index is 12.4. The van der Waals surface area contributed by atoms with Gasteiger partial charge in [0, 0.05) is 13.1 Å². The van der Waals surface area contributed by atoms with Crippen molar-refractivity contribution >= 4 is 5.91 Å². The number of carbonyl (C=O) groups excluding carboxylic acids is 1. The van der Waals surface area contributed by atoms with Crippen molar-refractivity contribution < 1.29 is 9.90 Å². The molecule has 1 aromatic carbocycles. The quantitative estimate of drug-likeness (QED) is 0.766. The Balaban J connectivity index is 1.93. The Morgan fingerprint density at radius 1 is 1.15 bits per heavy atom. The number of rotatable bonds is 5. The summed E-state index contributed by atoms with van der Waals surface area (Å²) in [5.41, 5.74) is 7.42. The highest BCUT2D eigenvalue weighted by Gasteiger charge is 2.37. The van der Waals surface area contributed by atoms with Crippen LogP contribution in [0, 0.1) is 5.41 Å². The molecule has 0 unspecified atom stereocenters. The van der Waals surface area contributed by atoms with E-state index in [1.54, 1.807) is 0 Å². The molecule has 110 valence electrons. The largest absolute Gasteiger partial charge is 0.392 e. The van der Waals surface area contributed by atoms with Crippen molar-refractivity contribution in [1.82, 2.24) is 5.32 Å². The molecule has 4 N–H and O–H groups in total. The zero-order chi connectivity index (χ0) is 14.4. The Labute approximate surface area is 120 Å². The summed E-state index contributed by atoms with van der Waals surface area (Å²) in [6.07, 6.45) is 5.20. The first-order valence-corrected chi connectivity index (χ1v) is 7.37. The molecule has 4 heteroatoms. The number of amides is 1. The summed E-state index contributed by atoms with van der Waals surface area (Å²) in [5, 5.41) is 12.0. The van der Waals surface area contributed by atoms with Crippen molar-refractivity contribution in [1.29, 1.82) is 0 Å². The molecule has 0 aliphatic heterocycles. The summed E-state index contributed by atoms with van der Waals surface area (Å²) >= 11 is 0. The zero-order valence-electron chi connectivity index (χ0n) is 11.9. The van der Waals surface area contributed by atoms with Gasteiger partial charge in [0.25, 0.3) is 0 Å². The van der Waals surface area contributed by atoms with Gasteiger partial charge in [-0.05, 0) is 24.0 Å². The molecule has 4 nitrogen and oxygen atoms in total. The summed E-state index contributed by atoms with van der Waals surface area (Å²) < 4.78 is 0.